The van der Waals surface area contributed by atoms with Crippen molar-refractivity contribution in [2.24, 2.45) is 0 Å². The van der Waals surface area contributed by atoms with Gasteiger partial charge in [-0.3, -0.25) is 4.79 Å². The number of ether oxygens (including phenoxy) is 1. The van der Waals surface area contributed by atoms with E-state index in [-0.39, 0.29) is 30.1 Å². The number of amides is 1. The van der Waals surface area contributed by atoms with Crippen LogP contribution in [0.1, 0.15) is 28.9 Å². The van der Waals surface area contributed by atoms with Crippen LogP contribution in [0.25, 0.3) is 5.69 Å². The number of nitrogens with zero attached hydrogens (tertiary/aromatic N) is 6. The zero-order chi connectivity index (χ0) is 22.9. The molecular weight excluding hydrogens is 439 g/mol. The summed E-state index contributed by atoms with van der Waals surface area (Å²) in [7, 11) is 0. The normalized spacial score (nSPS) is 19.1. The molecule has 13 heteroatoms. The van der Waals surface area contributed by atoms with Crippen molar-refractivity contribution in [3.63, 3.8) is 0 Å². The molecule has 0 spiro atoms. The minimum absolute atomic E-state index is 0.0288. The van der Waals surface area contributed by atoms with Crippen molar-refractivity contribution >= 4 is 5.91 Å². The number of piperidine rings is 1. The standard InChI is InChI=1S/C19H15F5N6O2/c20-12-4-1-3-11(16(12)30-27-6-7-28-30)18(31)29-8-2-5-13(17(29)21)32-15-10-25-14(9-26-15)19(22,23)24/h1,3-4,6-7,9-10,13,17H,2,5,8H2/t13-,17-/m1/s1. The second kappa shape index (κ2) is 8.48. The molecule has 1 fully saturated rings. The van der Waals surface area contributed by atoms with Crippen LogP contribution in [-0.4, -0.2) is 54.7 Å². The maximum atomic E-state index is 15.2. The number of rotatable bonds is 4. The Kier molecular flexibility index (Phi) is 5.72. The smallest absolute Gasteiger partial charge is 0.434 e. The van der Waals surface area contributed by atoms with Gasteiger partial charge in [-0.1, -0.05) is 6.07 Å². The van der Waals surface area contributed by atoms with E-state index in [2.05, 4.69) is 20.2 Å². The van der Waals surface area contributed by atoms with Gasteiger partial charge in [-0.05, 0) is 25.0 Å². The van der Waals surface area contributed by atoms with Gasteiger partial charge in [0.1, 0.15) is 5.69 Å². The summed E-state index contributed by atoms with van der Waals surface area (Å²) in [6.07, 6.45) is -3.48. The summed E-state index contributed by atoms with van der Waals surface area (Å²) in [6, 6.07) is 3.74. The average Bonchev–Trinajstić information content (AvgIpc) is 3.29. The molecular formula is C19H15F5N6O2. The van der Waals surface area contributed by atoms with E-state index >= 15 is 4.39 Å². The monoisotopic (exact) mass is 454 g/mol. The molecule has 0 N–H and O–H groups in total. The van der Waals surface area contributed by atoms with Gasteiger partial charge in [0, 0.05) is 6.54 Å². The van der Waals surface area contributed by atoms with Crippen LogP contribution >= 0.6 is 0 Å². The second-order valence-electron chi connectivity index (χ2n) is 6.86. The quantitative estimate of drug-likeness (QED) is 0.445. The molecule has 0 bridgehead atoms. The van der Waals surface area contributed by atoms with Crippen molar-refractivity contribution < 1.29 is 31.5 Å². The third-order valence-corrected chi connectivity index (χ3v) is 4.78. The van der Waals surface area contributed by atoms with E-state index in [1.54, 1.807) is 0 Å². The first kappa shape index (κ1) is 21.6. The Balaban J connectivity index is 1.55. The van der Waals surface area contributed by atoms with Crippen LogP contribution in [0.5, 0.6) is 5.88 Å². The van der Waals surface area contributed by atoms with Crippen LogP contribution in [0.3, 0.4) is 0 Å². The van der Waals surface area contributed by atoms with E-state index in [9.17, 15) is 22.4 Å². The predicted molar refractivity (Wildman–Crippen MR) is 97.9 cm³/mol. The van der Waals surface area contributed by atoms with Gasteiger partial charge in [-0.15, -0.1) is 4.80 Å². The first-order valence-electron chi connectivity index (χ1n) is 9.42. The van der Waals surface area contributed by atoms with Crippen molar-refractivity contribution in [2.75, 3.05) is 6.54 Å². The average molecular weight is 454 g/mol. The summed E-state index contributed by atoms with van der Waals surface area (Å²) in [6.45, 7) is 0.0288. The fraction of sp³-hybridized carbons (Fsp3) is 0.316. The lowest BCUT2D eigenvalue weighted by Crippen LogP contribution is -2.51. The van der Waals surface area contributed by atoms with Crippen LogP contribution in [0.15, 0.2) is 43.0 Å². The van der Waals surface area contributed by atoms with Gasteiger partial charge in [0.15, 0.2) is 17.6 Å². The van der Waals surface area contributed by atoms with Crippen molar-refractivity contribution in [1.82, 2.24) is 29.9 Å². The number of carbonyl (C=O) groups is 1. The molecule has 0 saturated carbocycles. The van der Waals surface area contributed by atoms with Crippen LogP contribution in [-0.2, 0) is 6.18 Å². The van der Waals surface area contributed by atoms with E-state index in [0.29, 0.717) is 12.6 Å². The molecule has 3 aromatic rings. The van der Waals surface area contributed by atoms with Crippen LogP contribution in [0.4, 0.5) is 22.0 Å². The van der Waals surface area contributed by atoms with Gasteiger partial charge in [0.05, 0.1) is 30.4 Å². The Labute approximate surface area is 177 Å². The summed E-state index contributed by atoms with van der Waals surface area (Å²) >= 11 is 0. The van der Waals surface area contributed by atoms with E-state index in [1.807, 2.05) is 0 Å². The molecule has 2 aromatic heterocycles. The Bertz CT molecular complexity index is 1090. The fourth-order valence-electron chi connectivity index (χ4n) is 3.31. The summed E-state index contributed by atoms with van der Waals surface area (Å²) in [5, 5.41) is 7.66. The highest BCUT2D eigenvalue weighted by molar-refractivity contribution is 5.98. The van der Waals surface area contributed by atoms with Crippen LogP contribution in [0, 0.1) is 5.82 Å². The minimum Gasteiger partial charge on any atom is -0.468 e. The van der Waals surface area contributed by atoms with Crippen molar-refractivity contribution in [3.8, 4) is 11.6 Å². The zero-order valence-corrected chi connectivity index (χ0v) is 16.2. The molecule has 8 nitrogen and oxygen atoms in total. The molecule has 0 radical (unpaired) electrons. The Morgan fingerprint density at radius 2 is 1.88 bits per heavy atom. The van der Waals surface area contributed by atoms with Gasteiger partial charge in [-0.2, -0.15) is 23.4 Å². The van der Waals surface area contributed by atoms with Crippen molar-refractivity contribution in [2.45, 2.75) is 31.4 Å². The third-order valence-electron chi connectivity index (χ3n) is 4.78. The summed E-state index contributed by atoms with van der Waals surface area (Å²) < 4.78 is 72.9. The molecule has 1 amide bonds. The molecule has 32 heavy (non-hydrogen) atoms. The van der Waals surface area contributed by atoms with Crippen LogP contribution < -0.4 is 4.74 Å². The molecule has 0 unspecified atom stereocenters. The van der Waals surface area contributed by atoms with Gasteiger partial charge in [0.2, 0.25) is 12.2 Å². The maximum Gasteiger partial charge on any atom is 0.434 e. The van der Waals surface area contributed by atoms with E-state index in [0.717, 1.165) is 22.0 Å². The molecule has 1 aromatic carbocycles. The SMILES string of the molecule is O=C(c1cccc(F)c1-n1nccn1)N1CCC[C@@H](Oc2cnc(C(F)(F)F)cn2)[C@@H]1F. The Hall–Kier alpha value is -3.64. The number of likely N-dealkylation sites (tertiary alicyclic amines) is 1. The molecule has 1 aliphatic heterocycles. The highest BCUT2D eigenvalue weighted by Crippen LogP contribution is 2.29. The minimum atomic E-state index is -4.67. The lowest BCUT2D eigenvalue weighted by molar-refractivity contribution is -0.141. The number of para-hydroxylation sites is 1. The van der Waals surface area contributed by atoms with Gasteiger partial charge in [0.25, 0.3) is 5.91 Å². The second-order valence-corrected chi connectivity index (χ2v) is 6.86. The molecule has 168 valence electrons. The number of aromatic nitrogens is 5. The van der Waals surface area contributed by atoms with Crippen molar-refractivity contribution in [3.05, 3.63) is 60.1 Å². The molecule has 0 aliphatic carbocycles. The summed E-state index contributed by atoms with van der Waals surface area (Å²) in [5.74, 6) is -1.89. The van der Waals surface area contributed by atoms with Gasteiger partial charge in [-0.25, -0.2) is 18.7 Å². The van der Waals surface area contributed by atoms with E-state index in [4.69, 9.17) is 4.74 Å². The number of carbonyl (C=O) groups excluding carboxylic acids is 1. The van der Waals surface area contributed by atoms with E-state index in [1.165, 1.54) is 24.5 Å². The van der Waals surface area contributed by atoms with Crippen molar-refractivity contribution in [1.29, 1.82) is 0 Å². The number of halogens is 5. The largest absolute Gasteiger partial charge is 0.468 e. The van der Waals surface area contributed by atoms with Gasteiger partial charge >= 0.3 is 6.18 Å². The number of hydrogen-bond acceptors (Lipinski definition) is 6. The molecule has 4 rings (SSSR count). The zero-order valence-electron chi connectivity index (χ0n) is 16.2. The Morgan fingerprint density at radius 3 is 2.53 bits per heavy atom. The number of alkyl halides is 4. The summed E-state index contributed by atoms with van der Waals surface area (Å²) in [4.78, 5) is 21.6. The predicted octanol–water partition coefficient (Wildman–Crippen LogP) is 3.19. The summed E-state index contributed by atoms with van der Waals surface area (Å²) in [5.41, 5.74) is -1.60. The third kappa shape index (κ3) is 4.22. The van der Waals surface area contributed by atoms with Crippen LogP contribution in [0.2, 0.25) is 0 Å². The van der Waals surface area contributed by atoms with Gasteiger partial charge < -0.3 is 9.64 Å². The Morgan fingerprint density at radius 1 is 1.12 bits per heavy atom. The highest BCUT2D eigenvalue weighted by Gasteiger charge is 2.38. The molecule has 3 heterocycles. The number of hydrogen-bond donors (Lipinski definition) is 0. The topological polar surface area (TPSA) is 86.0 Å². The molecule has 1 aliphatic rings. The number of benzene rings is 1. The lowest BCUT2D eigenvalue weighted by Gasteiger charge is -2.36. The first-order chi connectivity index (χ1) is 15.3. The van der Waals surface area contributed by atoms with E-state index < -0.39 is 36.0 Å². The molecule has 2 atom stereocenters. The first-order valence-corrected chi connectivity index (χ1v) is 9.42. The lowest BCUT2D eigenvalue weighted by atomic mass is 10.0. The molecule has 1 saturated heterocycles. The fourth-order valence-corrected chi connectivity index (χ4v) is 3.31. The maximum absolute atomic E-state index is 15.2. The highest BCUT2D eigenvalue weighted by atomic mass is 19.4.